The molecule has 0 amide bonds. The second-order valence-corrected chi connectivity index (χ2v) is 11.7. The van der Waals surface area contributed by atoms with Gasteiger partial charge in [0.15, 0.2) is 16.3 Å². The van der Waals surface area contributed by atoms with Gasteiger partial charge in [0.1, 0.15) is 18.2 Å². The van der Waals surface area contributed by atoms with Gasteiger partial charge in [-0.05, 0) is 59.9 Å². The molecule has 0 unspecified atom stereocenters. The molecule has 0 N–H and O–H groups in total. The summed E-state index contributed by atoms with van der Waals surface area (Å²) in [6.07, 6.45) is 3.49. The first-order chi connectivity index (χ1) is 21.6. The van der Waals surface area contributed by atoms with Crippen LogP contribution < -0.4 is 29.1 Å². The van der Waals surface area contributed by atoms with Crippen LogP contribution in [0.3, 0.4) is 0 Å². The van der Waals surface area contributed by atoms with Crippen molar-refractivity contribution in [2.24, 2.45) is 4.99 Å². The molecule has 5 aromatic rings. The van der Waals surface area contributed by atoms with Crippen molar-refractivity contribution in [2.75, 3.05) is 14.2 Å². The fraction of sp³-hybridized carbons (Fsp3) is 0.167. The van der Waals surface area contributed by atoms with Crippen molar-refractivity contribution in [3.63, 3.8) is 0 Å². The van der Waals surface area contributed by atoms with E-state index in [1.807, 2.05) is 54.6 Å². The summed E-state index contributed by atoms with van der Waals surface area (Å²) in [5.41, 5.74) is 6.35. The number of aromatic nitrogens is 1. The van der Waals surface area contributed by atoms with E-state index in [4.69, 9.17) is 19.2 Å². The first-order valence-electron chi connectivity index (χ1n) is 14.4. The van der Waals surface area contributed by atoms with Gasteiger partial charge in [-0.25, -0.2) is 9.38 Å². The molecule has 0 bridgehead atoms. The minimum absolute atomic E-state index is 0.0736. The zero-order chi connectivity index (χ0) is 30.2. The summed E-state index contributed by atoms with van der Waals surface area (Å²) >= 11 is 1.35. The third-order valence-corrected chi connectivity index (χ3v) is 9.13. The molecule has 7 rings (SSSR count). The lowest BCUT2D eigenvalue weighted by atomic mass is 9.83. The minimum Gasteiger partial charge on any atom is -0.493 e. The Balaban J connectivity index is 1.38. The number of nitrogens with zero attached hydrogens (tertiary/aromatic N) is 2. The summed E-state index contributed by atoms with van der Waals surface area (Å²) in [6, 6.07) is 27.8. The van der Waals surface area contributed by atoms with Gasteiger partial charge in [0.05, 0.1) is 30.5 Å². The highest BCUT2D eigenvalue weighted by molar-refractivity contribution is 7.07. The van der Waals surface area contributed by atoms with Crippen molar-refractivity contribution in [1.82, 2.24) is 4.57 Å². The van der Waals surface area contributed by atoms with Crippen LogP contribution in [0.15, 0.2) is 106 Å². The predicted molar refractivity (Wildman–Crippen MR) is 169 cm³/mol. The Kier molecular flexibility index (Phi) is 7.36. The lowest BCUT2D eigenvalue weighted by Crippen LogP contribution is -2.38. The molecule has 0 saturated carbocycles. The molecule has 2 heterocycles. The highest BCUT2D eigenvalue weighted by Gasteiger charge is 2.33. The highest BCUT2D eigenvalue weighted by atomic mass is 32.1. The van der Waals surface area contributed by atoms with E-state index in [1.54, 1.807) is 37.0 Å². The molecule has 1 aliphatic heterocycles. The maximum absolute atomic E-state index is 14.2. The molecule has 0 saturated heterocycles. The SMILES string of the molecule is COc1ccc([C@@H]2C3=C(N=c4s/c(=C/c5ccccc5OCc5ccccc5F)c(=O)n42)c2ccccc2CC3)cc1OC. The van der Waals surface area contributed by atoms with Crippen molar-refractivity contribution in [1.29, 1.82) is 0 Å². The maximum Gasteiger partial charge on any atom is 0.271 e. The third kappa shape index (κ3) is 4.91. The molecule has 0 fully saturated rings. The topological polar surface area (TPSA) is 62.0 Å². The number of aryl methyl sites for hydroxylation is 1. The zero-order valence-electron chi connectivity index (χ0n) is 24.2. The van der Waals surface area contributed by atoms with Gasteiger partial charge in [-0.15, -0.1) is 0 Å². The van der Waals surface area contributed by atoms with Crippen molar-refractivity contribution in [3.05, 3.63) is 150 Å². The molecule has 0 radical (unpaired) electrons. The summed E-state index contributed by atoms with van der Waals surface area (Å²) in [7, 11) is 3.22. The number of para-hydroxylation sites is 1. The van der Waals surface area contributed by atoms with E-state index in [0.717, 1.165) is 40.8 Å². The van der Waals surface area contributed by atoms with Crippen molar-refractivity contribution in [2.45, 2.75) is 25.5 Å². The first kappa shape index (κ1) is 27.9. The van der Waals surface area contributed by atoms with Gasteiger partial charge in [0.25, 0.3) is 5.56 Å². The van der Waals surface area contributed by atoms with Crippen LogP contribution in [0.4, 0.5) is 4.39 Å². The molecule has 1 aliphatic carbocycles. The van der Waals surface area contributed by atoms with Crippen LogP contribution in [0, 0.1) is 5.82 Å². The zero-order valence-corrected chi connectivity index (χ0v) is 25.1. The van der Waals surface area contributed by atoms with Crippen LogP contribution in [0.5, 0.6) is 17.2 Å². The molecule has 2 aliphatic rings. The molecule has 6 nitrogen and oxygen atoms in total. The third-order valence-electron chi connectivity index (χ3n) is 8.14. The van der Waals surface area contributed by atoms with Gasteiger partial charge in [0.2, 0.25) is 0 Å². The Morgan fingerprint density at radius 1 is 0.909 bits per heavy atom. The molecule has 8 heteroatoms. The Bertz CT molecular complexity index is 2110. The molecule has 0 spiro atoms. The van der Waals surface area contributed by atoms with E-state index in [2.05, 4.69) is 18.2 Å². The van der Waals surface area contributed by atoms with Crippen LogP contribution in [0.2, 0.25) is 0 Å². The number of benzene rings is 4. The fourth-order valence-electron chi connectivity index (χ4n) is 5.99. The Labute approximate surface area is 257 Å². The second kappa shape index (κ2) is 11.6. The van der Waals surface area contributed by atoms with Crippen LogP contribution in [-0.4, -0.2) is 18.8 Å². The minimum atomic E-state index is -0.357. The number of fused-ring (bicyclic) bond motifs is 3. The fourth-order valence-corrected chi connectivity index (χ4v) is 6.98. The van der Waals surface area contributed by atoms with E-state index >= 15 is 0 Å². The van der Waals surface area contributed by atoms with Gasteiger partial charge in [-0.3, -0.25) is 9.36 Å². The Hall–Kier alpha value is -4.95. The number of hydrogen-bond donors (Lipinski definition) is 0. The molecule has 1 aromatic heterocycles. The first-order valence-corrected chi connectivity index (χ1v) is 15.2. The largest absolute Gasteiger partial charge is 0.493 e. The van der Waals surface area contributed by atoms with E-state index in [-0.39, 0.29) is 24.0 Å². The van der Waals surface area contributed by atoms with E-state index in [1.165, 1.54) is 23.0 Å². The molecule has 44 heavy (non-hydrogen) atoms. The monoisotopic (exact) mass is 604 g/mol. The molecule has 4 aromatic carbocycles. The number of halogens is 1. The highest BCUT2D eigenvalue weighted by Crippen LogP contribution is 2.42. The smallest absolute Gasteiger partial charge is 0.271 e. The quantitative estimate of drug-likeness (QED) is 0.227. The number of rotatable bonds is 7. The molecule has 220 valence electrons. The van der Waals surface area contributed by atoms with Crippen LogP contribution >= 0.6 is 11.3 Å². The summed E-state index contributed by atoms with van der Waals surface area (Å²) < 4.78 is 33.8. The average molecular weight is 605 g/mol. The second-order valence-electron chi connectivity index (χ2n) is 10.6. The molecular weight excluding hydrogens is 575 g/mol. The van der Waals surface area contributed by atoms with E-state index < -0.39 is 0 Å². The van der Waals surface area contributed by atoms with Crippen molar-refractivity contribution in [3.8, 4) is 17.2 Å². The summed E-state index contributed by atoms with van der Waals surface area (Å²) in [5, 5.41) is 0. The van der Waals surface area contributed by atoms with Gasteiger partial charge >= 0.3 is 0 Å². The number of hydrogen-bond acceptors (Lipinski definition) is 6. The van der Waals surface area contributed by atoms with Crippen LogP contribution in [0.25, 0.3) is 11.8 Å². The predicted octanol–water partition coefficient (Wildman–Crippen LogP) is 6.05. The van der Waals surface area contributed by atoms with Crippen LogP contribution in [-0.2, 0) is 13.0 Å². The average Bonchev–Trinajstić information content (AvgIpc) is 3.37. The maximum atomic E-state index is 14.2. The van der Waals surface area contributed by atoms with Gasteiger partial charge < -0.3 is 14.2 Å². The van der Waals surface area contributed by atoms with E-state index in [0.29, 0.717) is 32.1 Å². The molecule has 1 atom stereocenters. The summed E-state index contributed by atoms with van der Waals surface area (Å²) in [5.74, 6) is 1.47. The lowest BCUT2D eigenvalue weighted by Gasteiger charge is -2.31. The summed E-state index contributed by atoms with van der Waals surface area (Å²) in [6.45, 7) is 0.0736. The van der Waals surface area contributed by atoms with Crippen molar-refractivity contribution < 1.29 is 18.6 Å². The van der Waals surface area contributed by atoms with Crippen LogP contribution in [0.1, 0.15) is 40.3 Å². The number of thiazole rings is 1. The van der Waals surface area contributed by atoms with E-state index in [9.17, 15) is 9.18 Å². The lowest BCUT2D eigenvalue weighted by molar-refractivity contribution is 0.299. The normalized spacial score (nSPS) is 15.6. The summed E-state index contributed by atoms with van der Waals surface area (Å²) in [4.78, 5) is 20.0. The van der Waals surface area contributed by atoms with Gasteiger partial charge in [-0.1, -0.05) is 78.1 Å². The van der Waals surface area contributed by atoms with Crippen molar-refractivity contribution >= 4 is 23.1 Å². The van der Waals surface area contributed by atoms with Gasteiger partial charge in [-0.2, -0.15) is 0 Å². The standard InChI is InChI=1S/C36H29FN2O4S/c1-41-30-18-16-24(19-31(30)42-2)34-27-17-15-22-9-3-6-12-26(22)33(27)38-36-39(34)35(40)32(44-36)20-23-10-5-8-14-29(23)43-21-25-11-4-7-13-28(25)37/h3-14,16,18-20,34H,15,17,21H2,1-2H3/b32-20+/t34-/m1/s1. The Morgan fingerprint density at radius 2 is 1.68 bits per heavy atom. The van der Waals surface area contributed by atoms with Gasteiger partial charge in [0, 0.05) is 16.7 Å². The number of allylic oxidation sites excluding steroid dienone is 1. The molecular formula is C36H29FN2O4S. The number of methoxy groups -OCH3 is 2. The Morgan fingerprint density at radius 3 is 2.52 bits per heavy atom. The number of ether oxygens (including phenoxy) is 3.